The number of benzene rings is 2. The lowest BCUT2D eigenvalue weighted by Gasteiger charge is -2.10. The van der Waals surface area contributed by atoms with Crippen molar-refractivity contribution in [1.82, 2.24) is 10.3 Å². The number of H-pyrrole nitrogens is 1. The van der Waals surface area contributed by atoms with Crippen LogP contribution >= 0.6 is 0 Å². The summed E-state index contributed by atoms with van der Waals surface area (Å²) in [7, 11) is 0. The summed E-state index contributed by atoms with van der Waals surface area (Å²) in [6, 6.07) is 16.1. The summed E-state index contributed by atoms with van der Waals surface area (Å²) in [5.41, 5.74) is 3.45. The number of aryl methyl sites for hydroxylation is 1. The van der Waals surface area contributed by atoms with Gasteiger partial charge >= 0.3 is 0 Å². The van der Waals surface area contributed by atoms with E-state index in [4.69, 9.17) is 4.74 Å². The molecule has 0 bridgehead atoms. The molecule has 0 spiro atoms. The maximum atomic E-state index is 12.1. The van der Waals surface area contributed by atoms with E-state index >= 15 is 0 Å². The van der Waals surface area contributed by atoms with Gasteiger partial charge in [-0.1, -0.05) is 36.4 Å². The van der Waals surface area contributed by atoms with Crippen LogP contribution in [0.3, 0.4) is 0 Å². The van der Waals surface area contributed by atoms with Gasteiger partial charge in [0.05, 0.1) is 6.61 Å². The lowest BCUT2D eigenvalue weighted by Crippen LogP contribution is -2.25. The smallest absolute Gasteiger partial charge is 0.220 e. The Kier molecular flexibility index (Phi) is 5.73. The van der Waals surface area contributed by atoms with Gasteiger partial charge in [0.1, 0.15) is 5.75 Å². The van der Waals surface area contributed by atoms with Crippen LogP contribution < -0.4 is 10.1 Å². The van der Waals surface area contributed by atoms with Gasteiger partial charge < -0.3 is 15.0 Å². The van der Waals surface area contributed by atoms with Gasteiger partial charge in [0.15, 0.2) is 0 Å². The minimum atomic E-state index is 0.0751. The molecule has 1 aromatic heterocycles. The van der Waals surface area contributed by atoms with Crippen LogP contribution in [0, 0.1) is 0 Å². The molecule has 0 atom stereocenters. The summed E-state index contributed by atoms with van der Waals surface area (Å²) < 4.78 is 5.61. The third kappa shape index (κ3) is 4.41. The minimum Gasteiger partial charge on any atom is -0.494 e. The summed E-state index contributed by atoms with van der Waals surface area (Å²) in [5.74, 6) is 0.947. The molecule has 4 nitrogen and oxygen atoms in total. The van der Waals surface area contributed by atoms with Gasteiger partial charge in [0.2, 0.25) is 5.91 Å². The number of amides is 1. The fraction of sp³-hybridized carbons (Fsp3) is 0.286. The SMILES string of the molecule is CCOc1ccccc1CCC(=O)NCCc1c[nH]c2ccccc12. The third-order valence-corrected chi connectivity index (χ3v) is 4.29. The quantitative estimate of drug-likeness (QED) is 0.656. The highest BCUT2D eigenvalue weighted by atomic mass is 16.5. The molecule has 2 N–H and O–H groups in total. The van der Waals surface area contributed by atoms with E-state index in [-0.39, 0.29) is 5.91 Å². The molecule has 130 valence electrons. The Morgan fingerprint density at radius 3 is 2.72 bits per heavy atom. The fourth-order valence-corrected chi connectivity index (χ4v) is 3.02. The second-order valence-corrected chi connectivity index (χ2v) is 6.00. The van der Waals surface area contributed by atoms with E-state index in [0.29, 0.717) is 26.0 Å². The number of carbonyl (C=O) groups excluding carboxylic acids is 1. The van der Waals surface area contributed by atoms with Crippen LogP contribution in [-0.4, -0.2) is 24.0 Å². The molecule has 1 heterocycles. The van der Waals surface area contributed by atoms with E-state index in [2.05, 4.69) is 22.4 Å². The molecule has 1 amide bonds. The molecule has 0 saturated carbocycles. The third-order valence-electron chi connectivity index (χ3n) is 4.29. The number of hydrogen-bond acceptors (Lipinski definition) is 2. The largest absolute Gasteiger partial charge is 0.494 e. The first-order chi connectivity index (χ1) is 12.3. The molecule has 4 heteroatoms. The van der Waals surface area contributed by atoms with Gasteiger partial charge in [-0.3, -0.25) is 4.79 Å². The molecule has 2 aromatic carbocycles. The number of para-hydroxylation sites is 2. The summed E-state index contributed by atoms with van der Waals surface area (Å²) in [6.45, 7) is 3.25. The Labute approximate surface area is 148 Å². The number of aromatic amines is 1. The summed E-state index contributed by atoms with van der Waals surface area (Å²) in [4.78, 5) is 15.4. The molecule has 3 rings (SSSR count). The van der Waals surface area contributed by atoms with Crippen molar-refractivity contribution in [2.24, 2.45) is 0 Å². The van der Waals surface area contributed by atoms with Crippen molar-refractivity contribution in [2.45, 2.75) is 26.2 Å². The van der Waals surface area contributed by atoms with Crippen LogP contribution in [0.5, 0.6) is 5.75 Å². The molecular formula is C21H24N2O2. The Bertz CT molecular complexity index is 839. The van der Waals surface area contributed by atoms with E-state index < -0.39 is 0 Å². The zero-order chi connectivity index (χ0) is 17.5. The number of carbonyl (C=O) groups is 1. The second-order valence-electron chi connectivity index (χ2n) is 6.00. The van der Waals surface area contributed by atoms with Crippen molar-refractivity contribution in [3.63, 3.8) is 0 Å². The number of ether oxygens (including phenoxy) is 1. The molecule has 0 aliphatic rings. The summed E-state index contributed by atoms with van der Waals surface area (Å²) in [5, 5.41) is 4.24. The van der Waals surface area contributed by atoms with Crippen molar-refractivity contribution in [1.29, 1.82) is 0 Å². The van der Waals surface area contributed by atoms with Gasteiger partial charge in [-0.05, 0) is 43.0 Å². The normalized spacial score (nSPS) is 10.8. The van der Waals surface area contributed by atoms with Crippen LogP contribution in [0.25, 0.3) is 10.9 Å². The standard InChI is InChI=1S/C21H24N2O2/c1-2-25-20-10-6-3-7-16(20)11-12-21(24)22-14-13-17-15-23-19-9-5-4-8-18(17)19/h3-10,15,23H,2,11-14H2,1H3,(H,22,24). The first-order valence-corrected chi connectivity index (χ1v) is 8.80. The highest BCUT2D eigenvalue weighted by Gasteiger charge is 2.07. The van der Waals surface area contributed by atoms with E-state index in [1.165, 1.54) is 10.9 Å². The predicted octanol–water partition coefficient (Wildman–Crippen LogP) is 3.86. The van der Waals surface area contributed by atoms with Crippen molar-refractivity contribution < 1.29 is 9.53 Å². The Morgan fingerprint density at radius 1 is 1.04 bits per heavy atom. The van der Waals surface area contributed by atoms with E-state index in [9.17, 15) is 4.79 Å². The average Bonchev–Trinajstić information content (AvgIpc) is 3.05. The van der Waals surface area contributed by atoms with E-state index in [1.54, 1.807) is 0 Å². The molecular weight excluding hydrogens is 312 g/mol. The van der Waals surface area contributed by atoms with Crippen LogP contribution in [0.4, 0.5) is 0 Å². The molecule has 0 saturated heterocycles. The fourth-order valence-electron chi connectivity index (χ4n) is 3.02. The molecule has 0 unspecified atom stereocenters. The van der Waals surface area contributed by atoms with Crippen LogP contribution in [0.15, 0.2) is 54.7 Å². The molecule has 0 aliphatic heterocycles. The van der Waals surface area contributed by atoms with Crippen molar-refractivity contribution in [3.05, 3.63) is 65.9 Å². The Balaban J connectivity index is 1.47. The molecule has 3 aromatic rings. The van der Waals surface area contributed by atoms with Gasteiger partial charge in [-0.2, -0.15) is 0 Å². The molecule has 25 heavy (non-hydrogen) atoms. The number of fused-ring (bicyclic) bond motifs is 1. The zero-order valence-corrected chi connectivity index (χ0v) is 14.5. The summed E-state index contributed by atoms with van der Waals surface area (Å²) in [6.07, 6.45) is 4.01. The monoisotopic (exact) mass is 336 g/mol. The lowest BCUT2D eigenvalue weighted by molar-refractivity contribution is -0.121. The molecule has 0 aliphatic carbocycles. The highest BCUT2D eigenvalue weighted by molar-refractivity contribution is 5.83. The maximum Gasteiger partial charge on any atom is 0.220 e. The van der Waals surface area contributed by atoms with Crippen LogP contribution in [0.1, 0.15) is 24.5 Å². The Morgan fingerprint density at radius 2 is 1.84 bits per heavy atom. The van der Waals surface area contributed by atoms with Crippen molar-refractivity contribution >= 4 is 16.8 Å². The van der Waals surface area contributed by atoms with Gasteiger partial charge in [0, 0.05) is 30.1 Å². The molecule has 0 radical (unpaired) electrons. The first kappa shape index (κ1) is 17.1. The number of hydrogen-bond donors (Lipinski definition) is 2. The first-order valence-electron chi connectivity index (χ1n) is 8.80. The number of nitrogens with one attached hydrogen (secondary N) is 2. The number of aromatic nitrogens is 1. The predicted molar refractivity (Wildman–Crippen MR) is 101 cm³/mol. The maximum absolute atomic E-state index is 12.1. The van der Waals surface area contributed by atoms with Crippen LogP contribution in [-0.2, 0) is 17.6 Å². The second kappa shape index (κ2) is 8.38. The topological polar surface area (TPSA) is 54.1 Å². The van der Waals surface area contributed by atoms with Crippen LogP contribution in [0.2, 0.25) is 0 Å². The highest BCUT2D eigenvalue weighted by Crippen LogP contribution is 2.20. The zero-order valence-electron chi connectivity index (χ0n) is 14.5. The minimum absolute atomic E-state index is 0.0751. The van der Waals surface area contributed by atoms with Gasteiger partial charge in [-0.15, -0.1) is 0 Å². The molecule has 0 fully saturated rings. The van der Waals surface area contributed by atoms with E-state index in [0.717, 1.165) is 23.3 Å². The average molecular weight is 336 g/mol. The Hall–Kier alpha value is -2.75. The summed E-state index contributed by atoms with van der Waals surface area (Å²) >= 11 is 0. The van der Waals surface area contributed by atoms with E-state index in [1.807, 2.05) is 49.5 Å². The van der Waals surface area contributed by atoms with Gasteiger partial charge in [-0.25, -0.2) is 0 Å². The van der Waals surface area contributed by atoms with Gasteiger partial charge in [0.25, 0.3) is 0 Å². The number of rotatable bonds is 8. The van der Waals surface area contributed by atoms with Crippen molar-refractivity contribution in [3.8, 4) is 5.75 Å². The lowest BCUT2D eigenvalue weighted by atomic mass is 10.1. The van der Waals surface area contributed by atoms with Crippen molar-refractivity contribution in [2.75, 3.05) is 13.2 Å².